The normalized spacial score (nSPS) is 8.79. The van der Waals surface area contributed by atoms with Crippen molar-refractivity contribution >= 4 is 12.9 Å². The smallest absolute Gasteiger partial charge is 0.238 e. The second-order valence-corrected chi connectivity index (χ2v) is 2.95. The number of nitrogens with zero attached hydrogens (tertiary/aromatic N) is 1. The largest absolute Gasteiger partial charge is 0.412 e. The van der Waals surface area contributed by atoms with Gasteiger partial charge in [-0.05, 0) is 13.1 Å². The Labute approximate surface area is 86.6 Å². The molecule has 1 rings (SSSR count). The molecule has 0 saturated carbocycles. The summed E-state index contributed by atoms with van der Waals surface area (Å²) in [6.45, 7) is 6.66. The fourth-order valence-corrected chi connectivity index (χ4v) is 1.29. The Balaban J connectivity index is 0. The molecule has 0 saturated heterocycles. The summed E-state index contributed by atoms with van der Waals surface area (Å²) in [5.41, 5.74) is 1.40. The molecular weight excluding hydrogens is 177 g/mol. The van der Waals surface area contributed by atoms with E-state index in [1.165, 1.54) is 5.46 Å². The van der Waals surface area contributed by atoms with Crippen LogP contribution in [0.3, 0.4) is 0 Å². The second kappa shape index (κ2) is 8.75. The van der Waals surface area contributed by atoms with Crippen molar-refractivity contribution in [1.82, 2.24) is 4.81 Å². The molecule has 0 bridgehead atoms. The highest BCUT2D eigenvalue weighted by atomic mass is 16.0. The highest BCUT2D eigenvalue weighted by molar-refractivity contribution is 6.50. The molecule has 0 aliphatic carbocycles. The van der Waals surface area contributed by atoms with Crippen molar-refractivity contribution in [2.45, 2.75) is 13.8 Å². The van der Waals surface area contributed by atoms with Crippen molar-refractivity contribution in [3.05, 3.63) is 30.3 Å². The summed E-state index contributed by atoms with van der Waals surface area (Å²) in [6, 6.07) is 10.6. The van der Waals surface area contributed by atoms with Crippen molar-refractivity contribution in [3.63, 3.8) is 0 Å². The van der Waals surface area contributed by atoms with Crippen LogP contribution in [0.25, 0.3) is 0 Å². The standard InChI is InChI=1S/C10H16BN.2H2O/c1-3-12(4-2)11-10-8-6-5-7-9-10;;/h5-9,11H,3-4H2,1-2H3;2*1H2. The van der Waals surface area contributed by atoms with E-state index in [1.54, 1.807) is 0 Å². The molecule has 1 aromatic rings. The highest BCUT2D eigenvalue weighted by Crippen LogP contribution is 1.86. The van der Waals surface area contributed by atoms with Gasteiger partial charge in [0.1, 0.15) is 0 Å². The number of hydrogen-bond acceptors (Lipinski definition) is 1. The maximum Gasteiger partial charge on any atom is 0.238 e. The van der Waals surface area contributed by atoms with Crippen molar-refractivity contribution in [2.75, 3.05) is 13.1 Å². The van der Waals surface area contributed by atoms with E-state index in [4.69, 9.17) is 0 Å². The molecule has 0 aromatic heterocycles. The van der Waals surface area contributed by atoms with Crippen molar-refractivity contribution in [2.24, 2.45) is 0 Å². The fourth-order valence-electron chi connectivity index (χ4n) is 1.29. The lowest BCUT2D eigenvalue weighted by atomic mass is 9.80. The van der Waals surface area contributed by atoms with Gasteiger partial charge in [0.15, 0.2) is 0 Å². The molecule has 0 atom stereocenters. The first-order chi connectivity index (χ1) is 5.86. The van der Waals surface area contributed by atoms with Crippen LogP contribution in [0, 0.1) is 0 Å². The average molecular weight is 197 g/mol. The van der Waals surface area contributed by atoms with Crippen LogP contribution in [0.1, 0.15) is 13.8 Å². The molecule has 0 fully saturated rings. The zero-order chi connectivity index (χ0) is 8.81. The van der Waals surface area contributed by atoms with Crippen LogP contribution in [-0.2, 0) is 0 Å². The molecule has 1 aromatic carbocycles. The third kappa shape index (κ3) is 5.02. The fraction of sp³-hybridized carbons (Fsp3) is 0.400. The van der Waals surface area contributed by atoms with E-state index in [2.05, 4.69) is 49.0 Å². The SMILES string of the molecule is CCN(Bc1ccccc1)CC.O.O. The monoisotopic (exact) mass is 197 g/mol. The van der Waals surface area contributed by atoms with Crippen LogP contribution in [0.15, 0.2) is 30.3 Å². The molecule has 4 heteroatoms. The summed E-state index contributed by atoms with van der Waals surface area (Å²) < 4.78 is 0. The lowest BCUT2D eigenvalue weighted by molar-refractivity contribution is 0.498. The molecule has 0 aliphatic heterocycles. The van der Waals surface area contributed by atoms with Gasteiger partial charge in [-0.15, -0.1) is 0 Å². The van der Waals surface area contributed by atoms with Crippen LogP contribution in [0.2, 0.25) is 0 Å². The van der Waals surface area contributed by atoms with E-state index in [1.807, 2.05) is 0 Å². The zero-order valence-electron chi connectivity index (χ0n) is 8.96. The Hall–Kier alpha value is -0.835. The summed E-state index contributed by atoms with van der Waals surface area (Å²) >= 11 is 0. The van der Waals surface area contributed by atoms with E-state index >= 15 is 0 Å². The summed E-state index contributed by atoms with van der Waals surface area (Å²) in [7, 11) is 1.08. The summed E-state index contributed by atoms with van der Waals surface area (Å²) in [5, 5.41) is 0. The predicted molar refractivity (Wildman–Crippen MR) is 63.4 cm³/mol. The van der Waals surface area contributed by atoms with Crippen LogP contribution >= 0.6 is 0 Å². The third-order valence-electron chi connectivity index (χ3n) is 2.14. The molecule has 3 nitrogen and oxygen atoms in total. The van der Waals surface area contributed by atoms with Crippen LogP contribution in [-0.4, -0.2) is 36.3 Å². The third-order valence-corrected chi connectivity index (χ3v) is 2.14. The van der Waals surface area contributed by atoms with E-state index in [-0.39, 0.29) is 11.0 Å². The lowest BCUT2D eigenvalue weighted by Gasteiger charge is -2.16. The first kappa shape index (κ1) is 15.6. The minimum atomic E-state index is 0. The zero-order valence-corrected chi connectivity index (χ0v) is 8.96. The van der Waals surface area contributed by atoms with Crippen molar-refractivity contribution < 1.29 is 11.0 Å². The van der Waals surface area contributed by atoms with Gasteiger partial charge in [0, 0.05) is 0 Å². The quantitative estimate of drug-likeness (QED) is 0.591. The van der Waals surface area contributed by atoms with Gasteiger partial charge in [-0.25, -0.2) is 0 Å². The molecule has 0 amide bonds. The van der Waals surface area contributed by atoms with Gasteiger partial charge < -0.3 is 15.8 Å². The van der Waals surface area contributed by atoms with Crippen molar-refractivity contribution in [1.29, 1.82) is 0 Å². The van der Waals surface area contributed by atoms with Gasteiger partial charge >= 0.3 is 0 Å². The maximum atomic E-state index is 2.41. The predicted octanol–water partition coefficient (Wildman–Crippen LogP) is -0.644. The molecule has 0 aliphatic rings. The van der Waals surface area contributed by atoms with Gasteiger partial charge in [-0.2, -0.15) is 0 Å². The number of rotatable bonds is 4. The first-order valence-electron chi connectivity index (χ1n) is 4.63. The molecule has 0 spiro atoms. The molecule has 0 unspecified atom stereocenters. The van der Waals surface area contributed by atoms with Gasteiger partial charge in [-0.3, -0.25) is 0 Å². The summed E-state index contributed by atoms with van der Waals surface area (Å²) in [6.07, 6.45) is 0. The van der Waals surface area contributed by atoms with E-state index in [0.29, 0.717) is 0 Å². The van der Waals surface area contributed by atoms with Gasteiger partial charge in [0.25, 0.3) is 0 Å². The van der Waals surface area contributed by atoms with E-state index in [9.17, 15) is 0 Å². The maximum absolute atomic E-state index is 2.41. The van der Waals surface area contributed by atoms with Crippen LogP contribution in [0.5, 0.6) is 0 Å². The van der Waals surface area contributed by atoms with Gasteiger partial charge in [-0.1, -0.05) is 49.6 Å². The van der Waals surface area contributed by atoms with Gasteiger partial charge in [0.2, 0.25) is 7.41 Å². The van der Waals surface area contributed by atoms with Gasteiger partial charge in [0.05, 0.1) is 0 Å². The molecule has 0 heterocycles. The summed E-state index contributed by atoms with van der Waals surface area (Å²) in [5.74, 6) is 0. The minimum Gasteiger partial charge on any atom is -0.412 e. The van der Waals surface area contributed by atoms with Crippen molar-refractivity contribution in [3.8, 4) is 0 Å². The minimum absolute atomic E-state index is 0. The van der Waals surface area contributed by atoms with Crippen LogP contribution < -0.4 is 5.46 Å². The lowest BCUT2D eigenvalue weighted by Crippen LogP contribution is -2.35. The Morgan fingerprint density at radius 3 is 1.93 bits per heavy atom. The summed E-state index contributed by atoms with van der Waals surface area (Å²) in [4.78, 5) is 2.41. The molecular formula is C10H20BNO2. The number of benzene rings is 1. The second-order valence-electron chi connectivity index (χ2n) is 2.95. The Bertz CT molecular complexity index is 215. The molecule has 14 heavy (non-hydrogen) atoms. The Morgan fingerprint density at radius 2 is 1.50 bits per heavy atom. The molecule has 4 N–H and O–H groups in total. The molecule has 0 radical (unpaired) electrons. The highest BCUT2D eigenvalue weighted by Gasteiger charge is 2.01. The average Bonchev–Trinajstić information content (AvgIpc) is 2.16. The van der Waals surface area contributed by atoms with E-state index in [0.717, 1.165) is 20.5 Å². The Morgan fingerprint density at radius 1 is 1.00 bits per heavy atom. The number of hydrogen-bond donors (Lipinski definition) is 0. The Kier molecular flexibility index (Phi) is 9.77. The van der Waals surface area contributed by atoms with Crippen LogP contribution in [0.4, 0.5) is 0 Å². The van der Waals surface area contributed by atoms with E-state index < -0.39 is 0 Å². The molecule has 80 valence electrons. The first-order valence-corrected chi connectivity index (χ1v) is 4.63. The topological polar surface area (TPSA) is 66.2 Å².